The van der Waals surface area contributed by atoms with E-state index in [0.29, 0.717) is 48.7 Å². The number of rotatable bonds is 10. The fourth-order valence-electron chi connectivity index (χ4n) is 6.48. The normalized spacial score (nSPS) is 21.6. The van der Waals surface area contributed by atoms with Crippen LogP contribution in [-0.4, -0.2) is 107 Å². The van der Waals surface area contributed by atoms with E-state index in [1.54, 1.807) is 9.58 Å². The Morgan fingerprint density at radius 1 is 1.11 bits per heavy atom. The molecule has 1 atom stereocenters. The average Bonchev–Trinajstić information content (AvgIpc) is 3.30. The van der Waals surface area contributed by atoms with Crippen LogP contribution in [-0.2, 0) is 35.7 Å². The zero-order valence-electron chi connectivity index (χ0n) is 25.7. The van der Waals surface area contributed by atoms with E-state index in [2.05, 4.69) is 11.8 Å². The minimum Gasteiger partial charge on any atom is -0.390 e. The van der Waals surface area contributed by atoms with Crippen LogP contribution in [0.1, 0.15) is 49.4 Å². The largest absolute Gasteiger partial charge is 0.417 e. The molecule has 4 heterocycles. The highest BCUT2D eigenvalue weighted by Gasteiger charge is 2.37. The maximum atomic E-state index is 14.0. The summed E-state index contributed by atoms with van der Waals surface area (Å²) in [7, 11) is -3.54. The highest BCUT2D eigenvalue weighted by Crippen LogP contribution is 2.40. The average molecular weight is 680 g/mol. The van der Waals surface area contributed by atoms with Gasteiger partial charge in [-0.05, 0) is 56.9 Å². The number of sulfonamides is 1. The fraction of sp³-hybridized carbons (Fsp3) is 0.700. The Kier molecular flexibility index (Phi) is 10.6. The molecule has 8 nitrogen and oxygen atoms in total. The van der Waals surface area contributed by atoms with Gasteiger partial charge >= 0.3 is 6.18 Å². The summed E-state index contributed by atoms with van der Waals surface area (Å²) >= 11 is 0.963. The van der Waals surface area contributed by atoms with Gasteiger partial charge in [-0.15, -0.1) is 11.8 Å². The third kappa shape index (κ3) is 8.78. The Bertz CT molecular complexity index is 1440. The van der Waals surface area contributed by atoms with Crippen LogP contribution in [0.25, 0.3) is 11.3 Å². The molecule has 2 saturated heterocycles. The predicted molar refractivity (Wildman–Crippen MR) is 164 cm³/mol. The van der Waals surface area contributed by atoms with Crippen molar-refractivity contribution in [3.63, 3.8) is 0 Å². The second-order valence-corrected chi connectivity index (χ2v) is 15.9. The molecule has 1 unspecified atom stereocenters. The van der Waals surface area contributed by atoms with Crippen molar-refractivity contribution in [3.8, 4) is 11.3 Å². The van der Waals surface area contributed by atoms with Crippen molar-refractivity contribution in [2.45, 2.75) is 75.2 Å². The van der Waals surface area contributed by atoms with Gasteiger partial charge in [0.15, 0.2) is 0 Å². The molecule has 1 N–H and O–H groups in total. The Hall–Kier alpha value is -1.78. The Morgan fingerprint density at radius 2 is 1.84 bits per heavy atom. The Balaban J connectivity index is 1.41. The maximum absolute atomic E-state index is 14.0. The van der Waals surface area contributed by atoms with Crippen LogP contribution in [0.2, 0.25) is 0 Å². The summed E-state index contributed by atoms with van der Waals surface area (Å²) in [5.41, 5.74) is 1.33. The van der Waals surface area contributed by atoms with Gasteiger partial charge in [0.2, 0.25) is 10.0 Å². The molecule has 0 saturated carbocycles. The zero-order valence-corrected chi connectivity index (χ0v) is 27.3. The topological polar surface area (TPSA) is 81.9 Å². The molecule has 0 radical (unpaired) electrons. The van der Waals surface area contributed by atoms with Gasteiger partial charge in [-0.25, -0.2) is 17.2 Å². The number of β-amino-alcohol motifs (C(OH)–C–C–N with tert-alkyl or cyclic N) is 1. The summed E-state index contributed by atoms with van der Waals surface area (Å²) in [6.07, 6.45) is -1.60. The van der Waals surface area contributed by atoms with Crippen LogP contribution < -0.4 is 0 Å². The van der Waals surface area contributed by atoms with E-state index in [1.807, 2.05) is 0 Å². The van der Waals surface area contributed by atoms with Gasteiger partial charge < -0.3 is 10.0 Å². The molecule has 2 fully saturated rings. The monoisotopic (exact) mass is 679 g/mol. The fourth-order valence-corrected chi connectivity index (χ4v) is 8.38. The molecular formula is C30H42F5N5O3S2. The van der Waals surface area contributed by atoms with Crippen LogP contribution in [0, 0.1) is 5.92 Å². The lowest BCUT2D eigenvalue weighted by Gasteiger charge is -2.32. The number of nitrogens with zero attached hydrogens (tertiary/aromatic N) is 5. The lowest BCUT2D eigenvalue weighted by atomic mass is 9.99. The maximum Gasteiger partial charge on any atom is 0.417 e. The van der Waals surface area contributed by atoms with Crippen molar-refractivity contribution in [2.75, 3.05) is 57.8 Å². The second-order valence-electron chi connectivity index (χ2n) is 12.7. The summed E-state index contributed by atoms with van der Waals surface area (Å²) in [6, 6.07) is 3.76. The first-order chi connectivity index (χ1) is 21.1. The molecule has 2 aromatic rings. The van der Waals surface area contributed by atoms with Gasteiger partial charge in [-0.3, -0.25) is 9.58 Å². The number of aliphatic hydroxyl groups excluding tert-OH is 1. The molecule has 45 heavy (non-hydrogen) atoms. The summed E-state index contributed by atoms with van der Waals surface area (Å²) in [4.78, 5) is 3.76. The molecule has 0 amide bonds. The highest BCUT2D eigenvalue weighted by atomic mass is 32.2. The SMILES string of the molecule is CC1CCN(CC(O)Cn2nc(-c3ccc(C(F)(F)F)c(SCCN4CCCC(F)(F)C4)c3)c3c2CCN(S(C)(=O)=O)C3)CC1. The van der Waals surface area contributed by atoms with Crippen molar-refractivity contribution in [1.29, 1.82) is 0 Å². The van der Waals surface area contributed by atoms with Gasteiger partial charge in [0.05, 0.1) is 36.7 Å². The summed E-state index contributed by atoms with van der Waals surface area (Å²) in [5.74, 6) is -1.95. The van der Waals surface area contributed by atoms with Gasteiger partial charge in [0.1, 0.15) is 0 Å². The number of hydrogen-bond donors (Lipinski definition) is 1. The van der Waals surface area contributed by atoms with E-state index in [9.17, 15) is 35.5 Å². The summed E-state index contributed by atoms with van der Waals surface area (Å²) in [6.45, 7) is 5.22. The Morgan fingerprint density at radius 3 is 2.51 bits per heavy atom. The van der Waals surface area contributed by atoms with Gasteiger partial charge in [-0.2, -0.15) is 22.6 Å². The van der Waals surface area contributed by atoms with E-state index >= 15 is 0 Å². The molecule has 0 aliphatic carbocycles. The number of hydrogen-bond acceptors (Lipinski definition) is 7. The first-order valence-corrected chi connectivity index (χ1v) is 18.3. The van der Waals surface area contributed by atoms with Crippen LogP contribution >= 0.6 is 11.8 Å². The predicted octanol–water partition coefficient (Wildman–Crippen LogP) is 4.80. The van der Waals surface area contributed by atoms with Crippen molar-refractivity contribution in [1.82, 2.24) is 23.9 Å². The molecule has 252 valence electrons. The minimum atomic E-state index is -4.62. The van der Waals surface area contributed by atoms with E-state index in [1.165, 1.54) is 16.4 Å². The van der Waals surface area contributed by atoms with E-state index in [-0.39, 0.29) is 43.2 Å². The van der Waals surface area contributed by atoms with Crippen molar-refractivity contribution >= 4 is 21.8 Å². The zero-order chi connectivity index (χ0) is 32.6. The third-order valence-electron chi connectivity index (χ3n) is 8.99. The molecule has 15 heteroatoms. The number of aliphatic hydroxyl groups is 1. The van der Waals surface area contributed by atoms with E-state index in [4.69, 9.17) is 5.10 Å². The third-order valence-corrected chi connectivity index (χ3v) is 11.3. The highest BCUT2D eigenvalue weighted by molar-refractivity contribution is 7.99. The molecule has 0 spiro atoms. The molecule has 5 rings (SSSR count). The van der Waals surface area contributed by atoms with E-state index in [0.717, 1.165) is 55.7 Å². The van der Waals surface area contributed by atoms with E-state index < -0.39 is 40.3 Å². The molecule has 0 bridgehead atoms. The molecule has 1 aromatic heterocycles. The standard InChI is InChI=1S/C30H42F5N5O3S2/c1-21-6-11-37(12-7-21)17-23(41)18-40-26-8-13-39(45(2,42)43)19-24(26)28(36-40)22-4-5-25(30(33,34)35)27(16-22)44-15-14-38-10-3-9-29(31,32)20-38/h4-5,16,21,23,41H,3,6-15,17-20H2,1-2H3. The van der Waals surface area contributed by atoms with Crippen molar-refractivity contribution in [2.24, 2.45) is 5.92 Å². The lowest BCUT2D eigenvalue weighted by molar-refractivity contribution is -0.139. The number of thioether (sulfide) groups is 1. The second kappa shape index (κ2) is 13.8. The van der Waals surface area contributed by atoms with Crippen LogP contribution in [0.3, 0.4) is 0 Å². The summed E-state index contributed by atoms with van der Waals surface area (Å²) < 4.78 is 97.7. The molecule has 1 aromatic carbocycles. The number of halogens is 5. The first kappa shape index (κ1) is 34.6. The van der Waals surface area contributed by atoms with Crippen LogP contribution in [0.15, 0.2) is 23.1 Å². The van der Waals surface area contributed by atoms with Gasteiger partial charge in [-0.1, -0.05) is 13.0 Å². The number of aromatic nitrogens is 2. The quantitative estimate of drug-likeness (QED) is 0.286. The summed E-state index contributed by atoms with van der Waals surface area (Å²) in [5, 5.41) is 15.8. The van der Waals surface area contributed by atoms with Crippen LogP contribution in [0.5, 0.6) is 0 Å². The van der Waals surface area contributed by atoms with Gasteiger partial charge in [0, 0.05) is 66.5 Å². The van der Waals surface area contributed by atoms with Crippen molar-refractivity contribution in [3.05, 3.63) is 35.0 Å². The smallest absolute Gasteiger partial charge is 0.390 e. The number of fused-ring (bicyclic) bond motifs is 1. The molecule has 3 aliphatic heterocycles. The lowest BCUT2D eigenvalue weighted by Crippen LogP contribution is -2.43. The molecular weight excluding hydrogens is 637 g/mol. The van der Waals surface area contributed by atoms with Crippen molar-refractivity contribution < 1.29 is 35.5 Å². The van der Waals surface area contributed by atoms with Crippen LogP contribution in [0.4, 0.5) is 22.0 Å². The number of benzene rings is 1. The Labute approximate surface area is 266 Å². The molecule has 3 aliphatic rings. The number of piperidine rings is 2. The number of likely N-dealkylation sites (tertiary alicyclic amines) is 2. The minimum absolute atomic E-state index is 0.0241. The first-order valence-electron chi connectivity index (χ1n) is 15.5. The number of alkyl halides is 5. The van der Waals surface area contributed by atoms with Gasteiger partial charge in [0.25, 0.3) is 5.92 Å².